The van der Waals surface area contributed by atoms with Crippen LogP contribution in [0.1, 0.15) is 26.3 Å². The molecule has 0 fully saturated rings. The van der Waals surface area contributed by atoms with Crippen molar-refractivity contribution in [2.75, 3.05) is 0 Å². The van der Waals surface area contributed by atoms with Crippen LogP contribution >= 0.6 is 0 Å². The molecule has 0 aliphatic heterocycles. The van der Waals surface area contributed by atoms with E-state index in [0.29, 0.717) is 11.3 Å². The van der Waals surface area contributed by atoms with Crippen LogP contribution in [0.3, 0.4) is 0 Å². The van der Waals surface area contributed by atoms with Crippen molar-refractivity contribution in [3.63, 3.8) is 0 Å². The predicted molar refractivity (Wildman–Crippen MR) is 98.8 cm³/mol. The maximum atomic E-state index is 10.4. The summed E-state index contributed by atoms with van der Waals surface area (Å²) in [5, 5.41) is 19.1. The van der Waals surface area contributed by atoms with Gasteiger partial charge in [0.15, 0.2) is 0 Å². The Labute approximate surface area is 147 Å². The van der Waals surface area contributed by atoms with Crippen molar-refractivity contribution >= 4 is 0 Å². The second-order valence-electron chi connectivity index (χ2n) is 7.20. The lowest BCUT2D eigenvalue weighted by Gasteiger charge is -2.07. The van der Waals surface area contributed by atoms with Crippen molar-refractivity contribution in [2.45, 2.75) is 20.8 Å². The SMILES string of the molecule is Cn1cc(-c2ccc(O)c(-c3nn(C)cc3C#CC(C)(C)C)c2)cn1. The van der Waals surface area contributed by atoms with Gasteiger partial charge in [-0.15, -0.1) is 0 Å². The van der Waals surface area contributed by atoms with Crippen molar-refractivity contribution in [1.29, 1.82) is 0 Å². The molecular formula is C20H22N4O. The van der Waals surface area contributed by atoms with Crippen molar-refractivity contribution in [3.8, 4) is 40.0 Å². The summed E-state index contributed by atoms with van der Waals surface area (Å²) in [7, 11) is 3.73. The number of benzene rings is 1. The number of aromatic hydroxyl groups is 1. The highest BCUT2D eigenvalue weighted by atomic mass is 16.3. The minimum Gasteiger partial charge on any atom is -0.507 e. The molecule has 0 unspecified atom stereocenters. The van der Waals surface area contributed by atoms with E-state index >= 15 is 0 Å². The quantitative estimate of drug-likeness (QED) is 0.729. The summed E-state index contributed by atoms with van der Waals surface area (Å²) in [6, 6.07) is 5.49. The maximum Gasteiger partial charge on any atom is 0.125 e. The molecule has 0 bridgehead atoms. The van der Waals surface area contributed by atoms with E-state index in [1.807, 2.05) is 38.6 Å². The molecule has 1 N–H and O–H groups in total. The Morgan fingerprint density at radius 2 is 1.80 bits per heavy atom. The zero-order valence-corrected chi connectivity index (χ0v) is 15.2. The van der Waals surface area contributed by atoms with Gasteiger partial charge in [-0.1, -0.05) is 17.9 Å². The Morgan fingerprint density at radius 1 is 1.04 bits per heavy atom. The molecule has 3 aromatic rings. The van der Waals surface area contributed by atoms with E-state index in [0.717, 1.165) is 16.7 Å². The third-order valence-corrected chi connectivity index (χ3v) is 3.69. The molecule has 3 rings (SSSR count). The van der Waals surface area contributed by atoms with Crippen LogP contribution in [-0.2, 0) is 14.1 Å². The number of phenols is 1. The zero-order valence-electron chi connectivity index (χ0n) is 15.2. The molecule has 0 aliphatic carbocycles. The van der Waals surface area contributed by atoms with Crippen molar-refractivity contribution < 1.29 is 5.11 Å². The molecule has 0 radical (unpaired) electrons. The van der Waals surface area contributed by atoms with Crippen molar-refractivity contribution in [2.24, 2.45) is 19.5 Å². The van der Waals surface area contributed by atoms with Crippen molar-refractivity contribution in [3.05, 3.63) is 42.4 Å². The number of hydrogen-bond acceptors (Lipinski definition) is 3. The number of aromatic nitrogens is 4. The van der Waals surface area contributed by atoms with E-state index < -0.39 is 0 Å². The minimum absolute atomic E-state index is 0.104. The van der Waals surface area contributed by atoms with Gasteiger partial charge in [-0.3, -0.25) is 9.36 Å². The lowest BCUT2D eigenvalue weighted by Crippen LogP contribution is -1.99. The van der Waals surface area contributed by atoms with E-state index in [4.69, 9.17) is 0 Å². The molecule has 0 saturated heterocycles. The summed E-state index contributed by atoms with van der Waals surface area (Å²) >= 11 is 0. The van der Waals surface area contributed by atoms with Crippen LogP contribution in [0.5, 0.6) is 5.75 Å². The van der Waals surface area contributed by atoms with Gasteiger partial charge >= 0.3 is 0 Å². The molecule has 128 valence electrons. The minimum atomic E-state index is -0.104. The lowest BCUT2D eigenvalue weighted by atomic mass is 9.96. The van der Waals surface area contributed by atoms with E-state index in [1.165, 1.54) is 0 Å². The van der Waals surface area contributed by atoms with Crippen molar-refractivity contribution in [1.82, 2.24) is 19.6 Å². The first-order valence-corrected chi connectivity index (χ1v) is 8.12. The standard InChI is InChI=1S/C20H22N4O/c1-20(2,3)9-8-15-12-24(5)22-19(15)17-10-14(6-7-18(17)25)16-11-21-23(4)13-16/h6-7,10-13,25H,1-5H3. The Hall–Kier alpha value is -3.00. The maximum absolute atomic E-state index is 10.4. The molecule has 0 saturated carbocycles. The topological polar surface area (TPSA) is 55.9 Å². The number of aryl methyl sites for hydroxylation is 2. The number of phenolic OH excluding ortho intramolecular Hbond substituents is 1. The van der Waals surface area contributed by atoms with Gasteiger partial charge < -0.3 is 5.11 Å². The fourth-order valence-electron chi connectivity index (χ4n) is 2.51. The predicted octanol–water partition coefficient (Wildman–Crippen LogP) is 3.59. The van der Waals surface area contributed by atoms with Crippen LogP contribution in [0.25, 0.3) is 22.4 Å². The molecule has 0 amide bonds. The molecule has 0 spiro atoms. The molecule has 2 heterocycles. The first-order chi connectivity index (χ1) is 11.7. The largest absolute Gasteiger partial charge is 0.507 e. The first kappa shape index (κ1) is 16.8. The highest BCUT2D eigenvalue weighted by molar-refractivity contribution is 5.78. The van der Waals surface area contributed by atoms with Gasteiger partial charge in [0.2, 0.25) is 0 Å². The number of hydrogen-bond donors (Lipinski definition) is 1. The molecule has 0 aliphatic rings. The van der Waals surface area contributed by atoms with E-state index in [1.54, 1.807) is 21.6 Å². The van der Waals surface area contributed by atoms with Gasteiger partial charge in [0.1, 0.15) is 11.4 Å². The van der Waals surface area contributed by atoms with E-state index in [-0.39, 0.29) is 11.2 Å². The summed E-state index contributed by atoms with van der Waals surface area (Å²) in [6.45, 7) is 6.20. The van der Waals surface area contributed by atoms with Gasteiger partial charge in [0.05, 0.1) is 11.8 Å². The van der Waals surface area contributed by atoms with E-state index in [2.05, 4.69) is 42.8 Å². The van der Waals surface area contributed by atoms with Crippen LogP contribution in [0.15, 0.2) is 36.8 Å². The summed E-state index contributed by atoms with van der Waals surface area (Å²) in [5.41, 5.74) is 4.01. The fourth-order valence-corrected chi connectivity index (χ4v) is 2.51. The highest BCUT2D eigenvalue weighted by Gasteiger charge is 2.15. The van der Waals surface area contributed by atoms with Gasteiger partial charge in [-0.05, 0) is 38.5 Å². The fraction of sp³-hybridized carbons (Fsp3) is 0.300. The Balaban J connectivity index is 2.12. The smallest absolute Gasteiger partial charge is 0.125 e. The number of rotatable bonds is 2. The summed E-state index contributed by atoms with van der Waals surface area (Å²) in [4.78, 5) is 0. The van der Waals surface area contributed by atoms with E-state index in [9.17, 15) is 5.11 Å². The lowest BCUT2D eigenvalue weighted by molar-refractivity contribution is 0.477. The summed E-state index contributed by atoms with van der Waals surface area (Å²) in [5.74, 6) is 6.62. The average molecular weight is 334 g/mol. The second kappa shape index (κ2) is 6.14. The third kappa shape index (κ3) is 3.74. The highest BCUT2D eigenvalue weighted by Crippen LogP contribution is 2.34. The van der Waals surface area contributed by atoms with Gasteiger partial charge in [0.25, 0.3) is 0 Å². The zero-order chi connectivity index (χ0) is 18.2. The van der Waals surface area contributed by atoms with Crippen LogP contribution in [-0.4, -0.2) is 24.7 Å². The Bertz CT molecular complexity index is 977. The Kier molecular flexibility index (Phi) is 4.13. The monoisotopic (exact) mass is 334 g/mol. The van der Waals surface area contributed by atoms with Crippen LogP contribution < -0.4 is 0 Å². The van der Waals surface area contributed by atoms with Gasteiger partial charge in [-0.25, -0.2) is 0 Å². The van der Waals surface area contributed by atoms with Crippen LogP contribution in [0.2, 0.25) is 0 Å². The molecule has 5 heteroatoms. The van der Waals surface area contributed by atoms with Crippen LogP contribution in [0.4, 0.5) is 0 Å². The summed E-state index contributed by atoms with van der Waals surface area (Å²) < 4.78 is 3.47. The molecule has 5 nitrogen and oxygen atoms in total. The van der Waals surface area contributed by atoms with Gasteiger partial charge in [0, 0.05) is 43.0 Å². The molecule has 0 atom stereocenters. The van der Waals surface area contributed by atoms with Crippen LogP contribution in [0, 0.1) is 17.3 Å². The second-order valence-corrected chi connectivity index (χ2v) is 7.20. The van der Waals surface area contributed by atoms with Gasteiger partial charge in [-0.2, -0.15) is 10.2 Å². The Morgan fingerprint density at radius 3 is 2.44 bits per heavy atom. The molecule has 1 aromatic carbocycles. The third-order valence-electron chi connectivity index (χ3n) is 3.69. The normalized spacial score (nSPS) is 11.2. The summed E-state index contributed by atoms with van der Waals surface area (Å²) in [6.07, 6.45) is 5.62. The first-order valence-electron chi connectivity index (χ1n) is 8.12. The molecular weight excluding hydrogens is 312 g/mol. The molecule has 25 heavy (non-hydrogen) atoms. The average Bonchev–Trinajstić information content (AvgIpc) is 3.11. The number of nitrogens with zero attached hydrogens (tertiary/aromatic N) is 4. The molecule has 2 aromatic heterocycles.